The Labute approximate surface area is 111 Å². The monoisotopic (exact) mass is 250 g/mol. The molecule has 1 rings (SSSR count). The lowest BCUT2D eigenvalue weighted by atomic mass is 9.88. The third-order valence-corrected chi connectivity index (χ3v) is 3.52. The predicted molar refractivity (Wildman–Crippen MR) is 75.9 cm³/mol. The molecule has 3 nitrogen and oxygen atoms in total. The topological polar surface area (TPSA) is 48.1 Å². The fraction of sp³-hybridized carbons (Fsp3) is 0.667. The van der Waals surface area contributed by atoms with E-state index in [4.69, 9.17) is 10.5 Å². The fourth-order valence-corrected chi connectivity index (χ4v) is 1.58. The van der Waals surface area contributed by atoms with Gasteiger partial charge < -0.3 is 10.5 Å². The van der Waals surface area contributed by atoms with Crippen molar-refractivity contribution in [2.45, 2.75) is 58.4 Å². The van der Waals surface area contributed by atoms with E-state index in [0.717, 1.165) is 12.8 Å². The summed E-state index contributed by atoms with van der Waals surface area (Å²) in [7, 11) is 0. The third kappa shape index (κ3) is 3.98. The van der Waals surface area contributed by atoms with Crippen LogP contribution in [0.1, 0.15) is 53.0 Å². The van der Waals surface area contributed by atoms with Crippen LogP contribution in [0.5, 0.6) is 5.88 Å². The van der Waals surface area contributed by atoms with Gasteiger partial charge >= 0.3 is 0 Å². The minimum absolute atomic E-state index is 0.121. The Morgan fingerprint density at radius 3 is 2.17 bits per heavy atom. The Kier molecular flexibility index (Phi) is 4.74. The Hall–Kier alpha value is -1.09. The summed E-state index contributed by atoms with van der Waals surface area (Å²) >= 11 is 0. The molecule has 0 saturated heterocycles. The van der Waals surface area contributed by atoms with E-state index < -0.39 is 0 Å². The second-order valence-electron chi connectivity index (χ2n) is 5.99. The van der Waals surface area contributed by atoms with Crippen molar-refractivity contribution in [1.82, 2.24) is 4.98 Å². The van der Waals surface area contributed by atoms with E-state index >= 15 is 0 Å². The number of ether oxygens (including phenoxy) is 1. The van der Waals surface area contributed by atoms with Crippen molar-refractivity contribution in [3.63, 3.8) is 0 Å². The van der Waals surface area contributed by atoms with Crippen molar-refractivity contribution in [3.05, 3.63) is 23.9 Å². The Balaban J connectivity index is 2.65. The average Bonchev–Trinajstić information content (AvgIpc) is 2.35. The second-order valence-corrected chi connectivity index (χ2v) is 5.99. The number of aromatic nitrogens is 1. The van der Waals surface area contributed by atoms with Crippen molar-refractivity contribution < 1.29 is 4.74 Å². The maximum atomic E-state index is 6.19. The van der Waals surface area contributed by atoms with Gasteiger partial charge in [0, 0.05) is 17.8 Å². The minimum atomic E-state index is -0.246. The van der Waals surface area contributed by atoms with E-state index in [0.29, 0.717) is 12.5 Å². The zero-order chi connectivity index (χ0) is 13.8. The van der Waals surface area contributed by atoms with Crippen LogP contribution in [0.3, 0.4) is 0 Å². The molecule has 0 bridgehead atoms. The summed E-state index contributed by atoms with van der Waals surface area (Å²) < 4.78 is 5.68. The van der Waals surface area contributed by atoms with Gasteiger partial charge in [-0.1, -0.05) is 40.7 Å². The SMILES string of the molecule is CCC(N)(CC)COc1ccc(C(C)(C)C)cn1. The summed E-state index contributed by atoms with van der Waals surface area (Å²) in [5, 5.41) is 0. The van der Waals surface area contributed by atoms with Crippen LogP contribution >= 0.6 is 0 Å². The van der Waals surface area contributed by atoms with E-state index in [1.165, 1.54) is 5.56 Å². The van der Waals surface area contributed by atoms with Crippen LogP contribution < -0.4 is 10.5 Å². The molecule has 0 spiro atoms. The number of nitrogens with zero attached hydrogens (tertiary/aromatic N) is 1. The number of nitrogens with two attached hydrogens (primary N) is 1. The highest BCUT2D eigenvalue weighted by atomic mass is 16.5. The Bertz CT molecular complexity index is 361. The van der Waals surface area contributed by atoms with Gasteiger partial charge in [-0.3, -0.25) is 0 Å². The van der Waals surface area contributed by atoms with Gasteiger partial charge in [0.05, 0.1) is 0 Å². The van der Waals surface area contributed by atoms with Gasteiger partial charge in [0.25, 0.3) is 0 Å². The first-order chi connectivity index (χ1) is 8.30. The molecule has 0 atom stereocenters. The third-order valence-electron chi connectivity index (χ3n) is 3.52. The molecule has 1 aromatic rings. The molecule has 102 valence electrons. The molecular weight excluding hydrogens is 224 g/mol. The van der Waals surface area contributed by atoms with Crippen LogP contribution in [-0.2, 0) is 5.41 Å². The zero-order valence-electron chi connectivity index (χ0n) is 12.3. The summed E-state index contributed by atoms with van der Waals surface area (Å²) in [5.74, 6) is 0.653. The van der Waals surface area contributed by atoms with Crippen LogP contribution in [0.4, 0.5) is 0 Å². The summed E-state index contributed by atoms with van der Waals surface area (Å²) in [6, 6.07) is 3.99. The molecule has 0 aliphatic rings. The van der Waals surface area contributed by atoms with Crippen molar-refractivity contribution in [1.29, 1.82) is 0 Å². The standard InChI is InChI=1S/C15H26N2O/c1-6-15(16,7-2)11-18-13-9-8-12(10-17-13)14(3,4)5/h8-10H,6-7,11,16H2,1-5H3. The molecule has 1 heterocycles. The van der Waals surface area contributed by atoms with Crippen molar-refractivity contribution in [2.75, 3.05) is 6.61 Å². The van der Waals surface area contributed by atoms with Crippen LogP contribution in [0.2, 0.25) is 0 Å². The number of hydrogen-bond donors (Lipinski definition) is 1. The van der Waals surface area contributed by atoms with Crippen LogP contribution in [-0.4, -0.2) is 17.1 Å². The van der Waals surface area contributed by atoms with Gasteiger partial charge in [-0.15, -0.1) is 0 Å². The zero-order valence-corrected chi connectivity index (χ0v) is 12.3. The van der Waals surface area contributed by atoms with E-state index in [9.17, 15) is 0 Å². The van der Waals surface area contributed by atoms with E-state index in [1.807, 2.05) is 12.3 Å². The molecule has 3 heteroatoms. The molecule has 18 heavy (non-hydrogen) atoms. The Morgan fingerprint density at radius 2 is 1.78 bits per heavy atom. The first-order valence-electron chi connectivity index (χ1n) is 6.69. The largest absolute Gasteiger partial charge is 0.476 e. The molecule has 0 aliphatic carbocycles. The van der Waals surface area contributed by atoms with E-state index in [1.54, 1.807) is 0 Å². The summed E-state index contributed by atoms with van der Waals surface area (Å²) in [5.41, 5.74) is 7.27. The first-order valence-corrected chi connectivity index (χ1v) is 6.69. The second kappa shape index (κ2) is 5.70. The number of rotatable bonds is 5. The average molecular weight is 250 g/mol. The first kappa shape index (κ1) is 15.0. The van der Waals surface area contributed by atoms with Crippen molar-refractivity contribution in [2.24, 2.45) is 5.73 Å². The normalized spacial score (nSPS) is 12.6. The highest BCUT2D eigenvalue weighted by Gasteiger charge is 2.21. The lowest BCUT2D eigenvalue weighted by Crippen LogP contribution is -2.44. The maximum Gasteiger partial charge on any atom is 0.213 e. The van der Waals surface area contributed by atoms with Crippen molar-refractivity contribution in [3.8, 4) is 5.88 Å². The molecule has 0 fully saturated rings. The lowest BCUT2D eigenvalue weighted by Gasteiger charge is -2.26. The molecular formula is C15H26N2O. The highest BCUT2D eigenvalue weighted by Crippen LogP contribution is 2.23. The summed E-state index contributed by atoms with van der Waals surface area (Å²) in [6.45, 7) is 11.2. The van der Waals surface area contributed by atoms with Gasteiger partial charge in [0.15, 0.2) is 0 Å². The molecule has 0 aliphatic heterocycles. The van der Waals surface area contributed by atoms with Crippen LogP contribution in [0.25, 0.3) is 0 Å². The summed E-state index contributed by atoms with van der Waals surface area (Å²) in [4.78, 5) is 4.34. The number of pyridine rings is 1. The molecule has 2 N–H and O–H groups in total. The van der Waals surface area contributed by atoms with E-state index in [-0.39, 0.29) is 11.0 Å². The minimum Gasteiger partial charge on any atom is -0.476 e. The molecule has 0 aromatic carbocycles. The summed E-state index contributed by atoms with van der Waals surface area (Å²) in [6.07, 6.45) is 3.69. The molecule has 0 unspecified atom stereocenters. The quantitative estimate of drug-likeness (QED) is 0.872. The van der Waals surface area contributed by atoms with Gasteiger partial charge in [-0.05, 0) is 23.8 Å². The predicted octanol–water partition coefficient (Wildman–Crippen LogP) is 3.28. The van der Waals surface area contributed by atoms with Crippen LogP contribution in [0.15, 0.2) is 18.3 Å². The molecule has 0 saturated carbocycles. The maximum absolute atomic E-state index is 6.19. The van der Waals surface area contributed by atoms with Gasteiger partial charge in [0.1, 0.15) is 6.61 Å². The Morgan fingerprint density at radius 1 is 1.17 bits per heavy atom. The fourth-order valence-electron chi connectivity index (χ4n) is 1.58. The molecule has 1 aromatic heterocycles. The van der Waals surface area contributed by atoms with Gasteiger partial charge in [0.2, 0.25) is 5.88 Å². The van der Waals surface area contributed by atoms with E-state index in [2.05, 4.69) is 45.7 Å². The highest BCUT2D eigenvalue weighted by molar-refractivity contribution is 5.23. The van der Waals surface area contributed by atoms with Crippen molar-refractivity contribution >= 4 is 0 Å². The number of hydrogen-bond acceptors (Lipinski definition) is 3. The molecule has 0 amide bonds. The van der Waals surface area contributed by atoms with Gasteiger partial charge in [-0.25, -0.2) is 4.98 Å². The molecule has 0 radical (unpaired) electrons. The lowest BCUT2D eigenvalue weighted by molar-refractivity contribution is 0.200. The van der Waals surface area contributed by atoms with Crippen LogP contribution in [0, 0.1) is 0 Å². The van der Waals surface area contributed by atoms with Gasteiger partial charge in [-0.2, -0.15) is 0 Å². The smallest absolute Gasteiger partial charge is 0.213 e.